The van der Waals surface area contributed by atoms with Crippen molar-refractivity contribution in [1.82, 2.24) is 9.97 Å². The molecule has 0 spiro atoms. The van der Waals surface area contributed by atoms with Crippen molar-refractivity contribution in [2.45, 2.75) is 24.9 Å². The van der Waals surface area contributed by atoms with Crippen LogP contribution >= 0.6 is 21.6 Å². The first kappa shape index (κ1) is 21.5. The van der Waals surface area contributed by atoms with E-state index in [2.05, 4.69) is 9.97 Å². The number of aromatic amines is 1. The van der Waals surface area contributed by atoms with Crippen molar-refractivity contribution in [3.63, 3.8) is 0 Å². The van der Waals surface area contributed by atoms with Gasteiger partial charge in [0.2, 0.25) is 0 Å². The Kier molecular flexibility index (Phi) is 6.39. The molecule has 6 nitrogen and oxygen atoms in total. The molecule has 2 aromatic heterocycles. The van der Waals surface area contributed by atoms with Gasteiger partial charge in [0.1, 0.15) is 11.6 Å². The van der Waals surface area contributed by atoms with E-state index in [-0.39, 0.29) is 5.75 Å². The quantitative estimate of drug-likeness (QED) is 0.294. The summed E-state index contributed by atoms with van der Waals surface area (Å²) in [7, 11) is 2.80. The third-order valence-electron chi connectivity index (χ3n) is 4.20. The molecular formula is C18H18F3N4O2S2+. The maximum Gasteiger partial charge on any atom is 0.416 e. The molecular weight excluding hydrogens is 425 g/mol. The number of pyridine rings is 1. The molecule has 3 rings (SSSR count). The predicted octanol–water partition coefficient (Wildman–Crippen LogP) is 3.46. The van der Waals surface area contributed by atoms with E-state index < -0.39 is 23.8 Å². The highest BCUT2D eigenvalue weighted by molar-refractivity contribution is 8.76. The van der Waals surface area contributed by atoms with Crippen LogP contribution in [0.1, 0.15) is 16.8 Å². The van der Waals surface area contributed by atoms with Gasteiger partial charge in [-0.05, 0) is 36.8 Å². The summed E-state index contributed by atoms with van der Waals surface area (Å²) in [5.74, 6) is 0.154. The molecule has 2 heterocycles. The molecule has 1 atom stereocenters. The van der Waals surface area contributed by atoms with Gasteiger partial charge < -0.3 is 10.8 Å². The number of hydrogen-bond donors (Lipinski definition) is 3. The Morgan fingerprint density at radius 2 is 2.10 bits per heavy atom. The van der Waals surface area contributed by atoms with Crippen molar-refractivity contribution in [2.75, 3.05) is 5.75 Å². The van der Waals surface area contributed by atoms with Crippen LogP contribution < -0.4 is 10.3 Å². The van der Waals surface area contributed by atoms with Gasteiger partial charge in [0, 0.05) is 5.75 Å². The van der Waals surface area contributed by atoms with Crippen LogP contribution in [0, 0.1) is 6.92 Å². The minimum absolute atomic E-state index is 0.261. The second kappa shape index (κ2) is 8.64. The molecule has 3 aromatic rings. The SMILES string of the molecule is Cc1ccc[n+](-c2nc3ccc(C(F)(F)F)cc3[nH]2)c1CSSCC(N)C(=O)O. The molecule has 0 amide bonds. The Morgan fingerprint density at radius 1 is 1.34 bits per heavy atom. The molecule has 1 aromatic carbocycles. The number of fused-ring (bicyclic) bond motifs is 1. The molecule has 0 aliphatic carbocycles. The van der Waals surface area contributed by atoms with Crippen LogP contribution in [-0.4, -0.2) is 32.8 Å². The first-order chi connectivity index (χ1) is 13.7. The second-order valence-electron chi connectivity index (χ2n) is 6.29. The molecule has 1 unspecified atom stereocenters. The number of nitrogens with two attached hydrogens (primary N) is 1. The zero-order chi connectivity index (χ0) is 21.2. The van der Waals surface area contributed by atoms with Gasteiger partial charge in [-0.25, -0.2) is 9.55 Å². The van der Waals surface area contributed by atoms with Crippen LogP contribution in [0.15, 0.2) is 36.5 Å². The number of aromatic nitrogens is 3. The third kappa shape index (κ3) is 5.03. The highest BCUT2D eigenvalue weighted by atomic mass is 33.1. The van der Waals surface area contributed by atoms with Gasteiger partial charge in [-0.15, -0.1) is 0 Å². The molecule has 154 valence electrons. The van der Waals surface area contributed by atoms with Crippen molar-refractivity contribution in [2.24, 2.45) is 5.73 Å². The highest BCUT2D eigenvalue weighted by Gasteiger charge is 2.31. The van der Waals surface area contributed by atoms with E-state index in [0.29, 0.717) is 22.7 Å². The van der Waals surface area contributed by atoms with Crippen molar-refractivity contribution in [3.05, 3.63) is 53.3 Å². The van der Waals surface area contributed by atoms with Gasteiger partial charge in [0.25, 0.3) is 0 Å². The summed E-state index contributed by atoms with van der Waals surface area (Å²) >= 11 is 0. The fraction of sp³-hybridized carbons (Fsp3) is 0.278. The largest absolute Gasteiger partial charge is 0.480 e. The summed E-state index contributed by atoms with van der Waals surface area (Å²) in [6.07, 6.45) is -2.65. The summed E-state index contributed by atoms with van der Waals surface area (Å²) in [5, 5.41) is 8.84. The number of alkyl halides is 3. The van der Waals surface area contributed by atoms with Crippen molar-refractivity contribution < 1.29 is 27.6 Å². The Bertz CT molecular complexity index is 1040. The number of rotatable bonds is 7. The highest BCUT2D eigenvalue weighted by Crippen LogP contribution is 2.31. The number of aliphatic carboxylic acids is 1. The number of imidazole rings is 1. The minimum Gasteiger partial charge on any atom is -0.480 e. The van der Waals surface area contributed by atoms with Gasteiger partial charge in [-0.2, -0.15) is 13.2 Å². The van der Waals surface area contributed by atoms with Crippen LogP contribution in [-0.2, 0) is 16.7 Å². The summed E-state index contributed by atoms with van der Waals surface area (Å²) in [6.45, 7) is 1.92. The summed E-state index contributed by atoms with van der Waals surface area (Å²) in [4.78, 5) is 18.2. The predicted molar refractivity (Wildman–Crippen MR) is 107 cm³/mol. The third-order valence-corrected chi connectivity index (χ3v) is 6.51. The fourth-order valence-corrected chi connectivity index (χ4v) is 4.87. The average molecular weight is 443 g/mol. The lowest BCUT2D eigenvalue weighted by Gasteiger charge is -2.09. The normalized spacial score (nSPS) is 13.0. The van der Waals surface area contributed by atoms with E-state index in [1.54, 1.807) is 10.8 Å². The molecule has 11 heteroatoms. The van der Waals surface area contributed by atoms with E-state index in [0.717, 1.165) is 23.4 Å². The number of carboxylic acid groups (broad SMARTS) is 1. The molecule has 0 bridgehead atoms. The van der Waals surface area contributed by atoms with E-state index in [1.807, 2.05) is 19.1 Å². The van der Waals surface area contributed by atoms with E-state index >= 15 is 0 Å². The van der Waals surface area contributed by atoms with Crippen LogP contribution in [0.4, 0.5) is 13.2 Å². The number of halogens is 3. The van der Waals surface area contributed by atoms with Gasteiger partial charge in [0.15, 0.2) is 5.52 Å². The summed E-state index contributed by atoms with van der Waals surface area (Å²) in [6, 6.07) is 6.20. The van der Waals surface area contributed by atoms with E-state index in [4.69, 9.17) is 10.8 Å². The zero-order valence-corrected chi connectivity index (χ0v) is 16.9. The van der Waals surface area contributed by atoms with Gasteiger partial charge in [-0.1, -0.05) is 32.6 Å². The first-order valence-electron chi connectivity index (χ1n) is 8.47. The number of nitrogens with zero attached hydrogens (tertiary/aromatic N) is 2. The monoisotopic (exact) mass is 443 g/mol. The van der Waals surface area contributed by atoms with Gasteiger partial charge in [-0.3, -0.25) is 4.79 Å². The lowest BCUT2D eigenvalue weighted by Crippen LogP contribution is -2.37. The Hall–Kier alpha value is -2.24. The first-order valence-corrected chi connectivity index (χ1v) is 11.0. The number of carboxylic acids is 1. The lowest BCUT2D eigenvalue weighted by molar-refractivity contribution is -0.610. The molecule has 0 saturated heterocycles. The maximum absolute atomic E-state index is 13.0. The number of nitrogens with one attached hydrogen (secondary N) is 1. The number of benzene rings is 1. The number of carbonyl (C=O) groups is 1. The molecule has 29 heavy (non-hydrogen) atoms. The van der Waals surface area contributed by atoms with Crippen LogP contribution in [0.25, 0.3) is 17.0 Å². The maximum atomic E-state index is 13.0. The molecule has 0 fully saturated rings. The lowest BCUT2D eigenvalue weighted by atomic mass is 10.2. The standard InChI is InChI=1S/C18H17F3N4O2S2/c1-10-3-2-6-25(15(10)9-29-28-8-12(22)16(26)27)17-23-13-5-4-11(18(19,20)21)7-14(13)24-17/h2-7,12H,8-9,22H2,1H3,(H-,23,24,26,27)/p+1. The van der Waals surface area contributed by atoms with Crippen LogP contribution in [0.5, 0.6) is 0 Å². The molecule has 4 N–H and O–H groups in total. The van der Waals surface area contributed by atoms with Gasteiger partial charge in [0.05, 0.1) is 23.2 Å². The summed E-state index contributed by atoms with van der Waals surface area (Å²) < 4.78 is 40.6. The molecule has 0 radical (unpaired) electrons. The average Bonchev–Trinajstić information content (AvgIpc) is 3.08. The molecule has 0 aliphatic heterocycles. The molecule has 0 aliphatic rings. The number of hydrogen-bond acceptors (Lipinski definition) is 5. The smallest absolute Gasteiger partial charge is 0.416 e. The zero-order valence-electron chi connectivity index (χ0n) is 15.2. The summed E-state index contributed by atoms with van der Waals surface area (Å²) in [5.41, 5.74) is 7.35. The van der Waals surface area contributed by atoms with Crippen molar-refractivity contribution >= 4 is 38.6 Å². The van der Waals surface area contributed by atoms with E-state index in [1.165, 1.54) is 27.7 Å². The minimum atomic E-state index is -4.42. The van der Waals surface area contributed by atoms with Crippen LogP contribution in [0.2, 0.25) is 0 Å². The van der Waals surface area contributed by atoms with Gasteiger partial charge >= 0.3 is 18.1 Å². The van der Waals surface area contributed by atoms with Crippen LogP contribution in [0.3, 0.4) is 0 Å². The Labute approximate surface area is 172 Å². The number of H-pyrrole nitrogens is 1. The van der Waals surface area contributed by atoms with E-state index in [9.17, 15) is 18.0 Å². The van der Waals surface area contributed by atoms with Crippen molar-refractivity contribution in [3.8, 4) is 5.95 Å². The fourth-order valence-electron chi connectivity index (χ4n) is 2.61. The topological polar surface area (TPSA) is 95.9 Å². The molecule has 0 saturated carbocycles. The van der Waals surface area contributed by atoms with Crippen molar-refractivity contribution in [1.29, 1.82) is 0 Å². The number of aryl methyl sites for hydroxylation is 1. The Balaban J connectivity index is 1.85. The Morgan fingerprint density at radius 3 is 2.79 bits per heavy atom. The second-order valence-corrected chi connectivity index (χ2v) is 8.80.